The van der Waals surface area contributed by atoms with Crippen molar-refractivity contribution in [3.8, 4) is 0 Å². The summed E-state index contributed by atoms with van der Waals surface area (Å²) in [4.78, 5) is 28.5. The van der Waals surface area contributed by atoms with Crippen LogP contribution in [0.3, 0.4) is 0 Å². The second-order valence-corrected chi connectivity index (χ2v) is 7.37. The predicted octanol–water partition coefficient (Wildman–Crippen LogP) is 5.17. The van der Waals surface area contributed by atoms with Gasteiger partial charge in [0, 0.05) is 35.0 Å². The Morgan fingerprint density at radius 2 is 1.86 bits per heavy atom. The van der Waals surface area contributed by atoms with Crippen molar-refractivity contribution in [1.82, 2.24) is 4.98 Å². The number of nitrogens with one attached hydrogen (secondary N) is 3. The zero-order valence-corrected chi connectivity index (χ0v) is 16.3. The minimum atomic E-state index is -0.413. The number of amides is 1. The number of carbonyl (C=O) groups is 1. The normalized spacial score (nSPS) is 15.6. The average Bonchev–Trinajstić information content (AvgIpc) is 2.79. The number of aromatic amines is 1. The molecule has 2 heterocycles. The number of aromatic nitrogens is 1. The largest absolute Gasteiger partial charge is 0.385 e. The highest BCUT2D eigenvalue weighted by molar-refractivity contribution is 6.06. The summed E-state index contributed by atoms with van der Waals surface area (Å²) >= 11 is 0. The van der Waals surface area contributed by atoms with Crippen molar-refractivity contribution in [2.45, 2.75) is 32.1 Å². The molecule has 0 aliphatic carbocycles. The number of hydrogen-bond donors (Lipinski definition) is 3. The number of benzene rings is 2. The lowest BCUT2D eigenvalue weighted by Gasteiger charge is -2.13. The minimum absolute atomic E-state index is 0.105. The number of rotatable bonds is 2. The van der Waals surface area contributed by atoms with E-state index in [2.05, 4.69) is 27.8 Å². The smallest absolute Gasteiger partial charge is 0.261 e. The molecule has 5 heteroatoms. The first kappa shape index (κ1) is 19.0. The molecule has 0 saturated heterocycles. The van der Waals surface area contributed by atoms with Crippen LogP contribution in [0.15, 0.2) is 59.5 Å². The average molecular weight is 387 g/mol. The van der Waals surface area contributed by atoms with Crippen LogP contribution in [0.2, 0.25) is 0 Å². The van der Waals surface area contributed by atoms with E-state index < -0.39 is 5.91 Å². The maximum Gasteiger partial charge on any atom is 0.261 e. The highest BCUT2D eigenvalue weighted by Crippen LogP contribution is 2.24. The van der Waals surface area contributed by atoms with E-state index in [1.165, 1.54) is 25.5 Å². The number of hydrogen-bond acceptors (Lipinski definition) is 3. The quantitative estimate of drug-likeness (QED) is 0.568. The monoisotopic (exact) mass is 387 g/mol. The first-order valence-electron chi connectivity index (χ1n) is 10.2. The Labute approximate surface area is 169 Å². The Morgan fingerprint density at radius 3 is 2.79 bits per heavy atom. The molecular weight excluding hydrogens is 362 g/mol. The number of carbonyl (C=O) groups excluding carboxylic acids is 1. The summed E-state index contributed by atoms with van der Waals surface area (Å²) < 4.78 is 0. The molecule has 1 aliphatic heterocycles. The van der Waals surface area contributed by atoms with Gasteiger partial charge in [-0.05, 0) is 49.1 Å². The molecule has 0 spiro atoms. The molecule has 1 aliphatic rings. The lowest BCUT2D eigenvalue weighted by Crippen LogP contribution is -2.22. The molecule has 148 valence electrons. The van der Waals surface area contributed by atoms with Gasteiger partial charge in [0.25, 0.3) is 5.91 Å². The van der Waals surface area contributed by atoms with E-state index in [-0.39, 0.29) is 11.0 Å². The van der Waals surface area contributed by atoms with E-state index in [0.29, 0.717) is 16.6 Å². The maximum absolute atomic E-state index is 12.7. The van der Waals surface area contributed by atoms with Crippen LogP contribution < -0.4 is 16.1 Å². The van der Waals surface area contributed by atoms with Crippen LogP contribution in [-0.2, 0) is 0 Å². The summed E-state index contributed by atoms with van der Waals surface area (Å²) in [5.74, 6) is -0.413. The number of fused-ring (bicyclic) bond motifs is 2. The fourth-order valence-electron chi connectivity index (χ4n) is 3.64. The van der Waals surface area contributed by atoms with Crippen LogP contribution in [0, 0.1) is 0 Å². The summed E-state index contributed by atoms with van der Waals surface area (Å²) in [7, 11) is 0. The van der Waals surface area contributed by atoms with Crippen LogP contribution in [-0.4, -0.2) is 17.4 Å². The fraction of sp³-hybridized carbons (Fsp3) is 0.250. The third-order valence-electron chi connectivity index (χ3n) is 5.25. The van der Waals surface area contributed by atoms with Gasteiger partial charge in [0.05, 0.1) is 0 Å². The van der Waals surface area contributed by atoms with E-state index in [1.54, 1.807) is 12.1 Å². The number of H-pyrrole nitrogens is 1. The van der Waals surface area contributed by atoms with Crippen LogP contribution in [0.1, 0.15) is 48.0 Å². The van der Waals surface area contributed by atoms with Gasteiger partial charge in [0.2, 0.25) is 5.43 Å². The fourth-order valence-corrected chi connectivity index (χ4v) is 3.64. The minimum Gasteiger partial charge on any atom is -0.385 e. The molecule has 0 unspecified atom stereocenters. The first-order chi connectivity index (χ1) is 14.2. The number of para-hydroxylation sites is 1. The van der Waals surface area contributed by atoms with Crippen LogP contribution >= 0.6 is 0 Å². The van der Waals surface area contributed by atoms with Crippen molar-refractivity contribution in [1.29, 1.82) is 0 Å². The Balaban J connectivity index is 1.59. The summed E-state index contributed by atoms with van der Waals surface area (Å²) in [5.41, 5.74) is 3.31. The van der Waals surface area contributed by atoms with Gasteiger partial charge in [-0.1, -0.05) is 43.2 Å². The Morgan fingerprint density at radius 1 is 1.00 bits per heavy atom. The maximum atomic E-state index is 12.7. The van der Waals surface area contributed by atoms with Crippen molar-refractivity contribution in [3.05, 3.63) is 76.1 Å². The van der Waals surface area contributed by atoms with Crippen molar-refractivity contribution in [2.24, 2.45) is 0 Å². The van der Waals surface area contributed by atoms with E-state index in [1.807, 2.05) is 30.3 Å². The Kier molecular flexibility index (Phi) is 5.75. The molecule has 29 heavy (non-hydrogen) atoms. The van der Waals surface area contributed by atoms with Crippen molar-refractivity contribution < 1.29 is 4.79 Å². The third kappa shape index (κ3) is 4.40. The lowest BCUT2D eigenvalue weighted by molar-refractivity contribution is 0.102. The molecule has 4 rings (SSSR count). The topological polar surface area (TPSA) is 74.0 Å². The highest BCUT2D eigenvalue weighted by Gasteiger charge is 2.14. The molecule has 0 fully saturated rings. The predicted molar refractivity (Wildman–Crippen MR) is 120 cm³/mol. The van der Waals surface area contributed by atoms with E-state index in [0.717, 1.165) is 30.6 Å². The SMILES string of the molecule is O=C(Nc1ccc2c(c1)NCCCCCC/C=C\2)c1c[nH]c2ccccc2c1=O. The van der Waals surface area contributed by atoms with Gasteiger partial charge < -0.3 is 15.6 Å². The first-order valence-corrected chi connectivity index (χ1v) is 10.2. The molecule has 0 saturated carbocycles. The molecule has 3 aromatic rings. The van der Waals surface area contributed by atoms with Crippen molar-refractivity contribution in [3.63, 3.8) is 0 Å². The van der Waals surface area contributed by atoms with Gasteiger partial charge in [0.1, 0.15) is 5.56 Å². The van der Waals surface area contributed by atoms with Gasteiger partial charge in [-0.3, -0.25) is 9.59 Å². The second kappa shape index (κ2) is 8.78. The third-order valence-corrected chi connectivity index (χ3v) is 5.25. The molecule has 0 atom stereocenters. The Bertz CT molecular complexity index is 1110. The molecule has 5 nitrogen and oxygen atoms in total. The van der Waals surface area contributed by atoms with Gasteiger partial charge in [-0.15, -0.1) is 0 Å². The van der Waals surface area contributed by atoms with E-state index in [9.17, 15) is 9.59 Å². The molecule has 0 bridgehead atoms. The molecule has 3 N–H and O–H groups in total. The molecular formula is C24H25N3O2. The second-order valence-electron chi connectivity index (χ2n) is 7.37. The molecule has 0 radical (unpaired) electrons. The molecule has 1 aromatic heterocycles. The summed E-state index contributed by atoms with van der Waals surface area (Å²) in [6, 6.07) is 13.0. The van der Waals surface area contributed by atoms with Crippen molar-refractivity contribution in [2.75, 3.05) is 17.2 Å². The van der Waals surface area contributed by atoms with E-state index >= 15 is 0 Å². The zero-order chi connectivity index (χ0) is 20.1. The van der Waals surface area contributed by atoms with Crippen molar-refractivity contribution >= 4 is 34.3 Å². The number of anilines is 2. The summed E-state index contributed by atoms with van der Waals surface area (Å²) in [6.45, 7) is 0.905. The lowest BCUT2D eigenvalue weighted by atomic mass is 10.1. The van der Waals surface area contributed by atoms with E-state index in [4.69, 9.17) is 0 Å². The van der Waals surface area contributed by atoms with Crippen LogP contribution in [0.5, 0.6) is 0 Å². The Hall–Kier alpha value is -3.34. The number of allylic oxidation sites excluding steroid dienone is 1. The van der Waals surface area contributed by atoms with Crippen LogP contribution in [0.4, 0.5) is 11.4 Å². The van der Waals surface area contributed by atoms with Gasteiger partial charge in [-0.2, -0.15) is 0 Å². The van der Waals surface area contributed by atoms with Gasteiger partial charge in [0.15, 0.2) is 0 Å². The summed E-state index contributed by atoms with van der Waals surface area (Å²) in [6.07, 6.45) is 11.7. The summed E-state index contributed by atoms with van der Waals surface area (Å²) in [5, 5.41) is 6.85. The molecule has 1 amide bonds. The van der Waals surface area contributed by atoms with Gasteiger partial charge in [-0.25, -0.2) is 0 Å². The van der Waals surface area contributed by atoms with Gasteiger partial charge >= 0.3 is 0 Å². The highest BCUT2D eigenvalue weighted by atomic mass is 16.2. The zero-order valence-electron chi connectivity index (χ0n) is 16.3. The van der Waals surface area contributed by atoms with Crippen LogP contribution in [0.25, 0.3) is 17.0 Å². The number of pyridine rings is 1. The molecule has 2 aromatic carbocycles. The standard InChI is InChI=1S/C24H25N3O2/c28-23-19-10-6-7-11-21(19)26-16-20(23)24(29)27-18-13-12-17-9-5-3-1-2-4-8-14-25-22(17)15-18/h5-7,9-13,15-16,25H,1-4,8,14H2,(H,26,28)(H,27,29)/b9-5-.